The summed E-state index contributed by atoms with van der Waals surface area (Å²) < 4.78 is 5.70. The molecule has 0 saturated carbocycles. The fraction of sp³-hybridized carbons (Fsp3) is 0.368. The zero-order valence-electron chi connectivity index (χ0n) is 13.8. The van der Waals surface area contributed by atoms with Crippen molar-refractivity contribution in [3.05, 3.63) is 59.4 Å². The van der Waals surface area contributed by atoms with Gasteiger partial charge in [0, 0.05) is 37.7 Å². The Morgan fingerprint density at radius 3 is 2.79 bits per heavy atom. The lowest BCUT2D eigenvalue weighted by Crippen LogP contribution is -2.37. The van der Waals surface area contributed by atoms with E-state index in [9.17, 15) is 9.90 Å². The Labute approximate surface area is 141 Å². The second-order valence-electron chi connectivity index (χ2n) is 6.23. The minimum Gasteiger partial charge on any atom is -0.508 e. The third-order valence-corrected chi connectivity index (χ3v) is 4.17. The Balaban J connectivity index is 1.83. The molecule has 1 N–H and O–H groups in total. The molecule has 2 heterocycles. The predicted molar refractivity (Wildman–Crippen MR) is 90.8 cm³/mol. The third kappa shape index (κ3) is 4.11. The van der Waals surface area contributed by atoms with Crippen LogP contribution in [0, 0.1) is 6.92 Å². The van der Waals surface area contributed by atoms with Gasteiger partial charge in [0.1, 0.15) is 5.75 Å². The smallest absolute Gasteiger partial charge is 0.254 e. The number of hydrogen-bond acceptors (Lipinski definition) is 4. The maximum absolute atomic E-state index is 13.0. The summed E-state index contributed by atoms with van der Waals surface area (Å²) in [6, 6.07) is 8.78. The second kappa shape index (κ2) is 7.45. The fourth-order valence-electron chi connectivity index (χ4n) is 3.03. The van der Waals surface area contributed by atoms with Gasteiger partial charge in [-0.2, -0.15) is 0 Å². The van der Waals surface area contributed by atoms with Gasteiger partial charge in [-0.25, -0.2) is 0 Å². The van der Waals surface area contributed by atoms with Gasteiger partial charge in [0.05, 0.1) is 6.10 Å². The van der Waals surface area contributed by atoms with Crippen LogP contribution in [0.5, 0.6) is 5.75 Å². The minimum absolute atomic E-state index is 0.0780. The zero-order valence-corrected chi connectivity index (χ0v) is 13.8. The second-order valence-corrected chi connectivity index (χ2v) is 6.23. The summed E-state index contributed by atoms with van der Waals surface area (Å²) in [6.45, 7) is 3.67. The maximum atomic E-state index is 13.0. The number of phenolic OH excluding ortho intramolecular Hbond substituents is 1. The van der Waals surface area contributed by atoms with E-state index in [1.54, 1.807) is 29.4 Å². The summed E-state index contributed by atoms with van der Waals surface area (Å²) in [5, 5.41) is 9.79. The molecule has 1 aromatic carbocycles. The number of nitrogens with zero attached hydrogens (tertiary/aromatic N) is 2. The molecule has 1 amide bonds. The number of aromatic nitrogens is 1. The number of aryl methyl sites for hydroxylation is 1. The van der Waals surface area contributed by atoms with Crippen LogP contribution >= 0.6 is 0 Å². The van der Waals surface area contributed by atoms with Crippen molar-refractivity contribution in [1.29, 1.82) is 0 Å². The van der Waals surface area contributed by atoms with Gasteiger partial charge in [0.25, 0.3) is 5.91 Å². The predicted octanol–water partition coefficient (Wildman–Crippen LogP) is 2.92. The molecule has 0 bridgehead atoms. The van der Waals surface area contributed by atoms with Crippen LogP contribution in [0.4, 0.5) is 0 Å². The number of amides is 1. The van der Waals surface area contributed by atoms with Gasteiger partial charge < -0.3 is 14.7 Å². The number of phenols is 1. The Morgan fingerprint density at radius 1 is 1.33 bits per heavy atom. The number of hydrogen-bond donors (Lipinski definition) is 1. The minimum atomic E-state index is -0.0960. The van der Waals surface area contributed by atoms with E-state index in [0.29, 0.717) is 18.7 Å². The molecule has 1 unspecified atom stereocenters. The van der Waals surface area contributed by atoms with E-state index in [0.717, 1.165) is 30.6 Å². The number of rotatable bonds is 5. The van der Waals surface area contributed by atoms with Crippen LogP contribution in [0.1, 0.15) is 34.3 Å². The lowest BCUT2D eigenvalue weighted by atomic mass is 10.1. The van der Waals surface area contributed by atoms with Gasteiger partial charge in [-0.1, -0.05) is 0 Å². The summed E-state index contributed by atoms with van der Waals surface area (Å²) in [4.78, 5) is 18.8. The van der Waals surface area contributed by atoms with Crippen molar-refractivity contribution < 1.29 is 14.6 Å². The Bertz CT molecular complexity index is 677. The number of benzene rings is 1. The maximum Gasteiger partial charge on any atom is 0.254 e. The van der Waals surface area contributed by atoms with Crippen molar-refractivity contribution in [2.75, 3.05) is 13.2 Å². The van der Waals surface area contributed by atoms with E-state index in [1.165, 1.54) is 6.07 Å². The molecule has 0 aliphatic carbocycles. The summed E-state index contributed by atoms with van der Waals surface area (Å²) in [7, 11) is 0. The molecule has 3 rings (SSSR count). The molecule has 1 fully saturated rings. The quantitative estimate of drug-likeness (QED) is 0.917. The molecule has 126 valence electrons. The van der Waals surface area contributed by atoms with E-state index in [2.05, 4.69) is 4.98 Å². The molecule has 24 heavy (non-hydrogen) atoms. The molecular weight excluding hydrogens is 304 g/mol. The summed E-state index contributed by atoms with van der Waals surface area (Å²) >= 11 is 0. The van der Waals surface area contributed by atoms with Crippen LogP contribution < -0.4 is 0 Å². The summed E-state index contributed by atoms with van der Waals surface area (Å²) in [5.74, 6) is 0.0145. The van der Waals surface area contributed by atoms with Gasteiger partial charge in [0.15, 0.2) is 0 Å². The van der Waals surface area contributed by atoms with Crippen molar-refractivity contribution in [2.45, 2.75) is 32.4 Å². The Hall–Kier alpha value is -2.40. The van der Waals surface area contributed by atoms with Crippen LogP contribution in [0.25, 0.3) is 0 Å². The normalized spacial score (nSPS) is 17.0. The van der Waals surface area contributed by atoms with Gasteiger partial charge in [-0.05, 0) is 61.2 Å². The number of aromatic hydroxyl groups is 1. The van der Waals surface area contributed by atoms with Crippen molar-refractivity contribution >= 4 is 5.91 Å². The first-order valence-electron chi connectivity index (χ1n) is 8.22. The number of pyridine rings is 1. The lowest BCUT2D eigenvalue weighted by Gasteiger charge is -2.26. The van der Waals surface area contributed by atoms with Crippen molar-refractivity contribution in [1.82, 2.24) is 9.88 Å². The molecule has 1 aliphatic rings. The van der Waals surface area contributed by atoms with Gasteiger partial charge in [-0.15, -0.1) is 0 Å². The highest BCUT2D eigenvalue weighted by Crippen LogP contribution is 2.20. The van der Waals surface area contributed by atoms with Gasteiger partial charge in [-0.3, -0.25) is 9.78 Å². The van der Waals surface area contributed by atoms with E-state index < -0.39 is 0 Å². The van der Waals surface area contributed by atoms with E-state index in [-0.39, 0.29) is 17.8 Å². The Kier molecular flexibility index (Phi) is 5.11. The van der Waals surface area contributed by atoms with Gasteiger partial charge >= 0.3 is 0 Å². The highest BCUT2D eigenvalue weighted by molar-refractivity contribution is 5.94. The Morgan fingerprint density at radius 2 is 2.12 bits per heavy atom. The molecule has 5 heteroatoms. The van der Waals surface area contributed by atoms with Crippen molar-refractivity contribution in [3.8, 4) is 5.75 Å². The van der Waals surface area contributed by atoms with Crippen LogP contribution in [0.2, 0.25) is 0 Å². The van der Waals surface area contributed by atoms with E-state index in [1.807, 2.05) is 19.1 Å². The standard InChI is InChI=1S/C19H22N2O3/c1-14-9-16(11-17(22)10-14)19(23)21(13-18-3-2-8-24-18)12-15-4-6-20-7-5-15/h4-7,9-11,18,22H,2-3,8,12-13H2,1H3. The number of carbonyl (C=O) groups excluding carboxylic acids is 1. The largest absolute Gasteiger partial charge is 0.508 e. The molecule has 1 aliphatic heterocycles. The summed E-state index contributed by atoms with van der Waals surface area (Å²) in [5.41, 5.74) is 2.38. The SMILES string of the molecule is Cc1cc(O)cc(C(=O)N(Cc2ccncc2)CC2CCCO2)c1. The average Bonchev–Trinajstić information content (AvgIpc) is 3.07. The number of ether oxygens (including phenoxy) is 1. The highest BCUT2D eigenvalue weighted by atomic mass is 16.5. The topological polar surface area (TPSA) is 62.7 Å². The van der Waals surface area contributed by atoms with Crippen LogP contribution in [0.3, 0.4) is 0 Å². The van der Waals surface area contributed by atoms with Crippen molar-refractivity contribution in [2.24, 2.45) is 0 Å². The van der Waals surface area contributed by atoms with Crippen LogP contribution in [-0.2, 0) is 11.3 Å². The summed E-state index contributed by atoms with van der Waals surface area (Å²) in [6.07, 6.45) is 5.53. The first-order chi connectivity index (χ1) is 11.6. The molecule has 2 aromatic rings. The molecular formula is C19H22N2O3. The van der Waals surface area contributed by atoms with Crippen LogP contribution in [0.15, 0.2) is 42.7 Å². The van der Waals surface area contributed by atoms with E-state index in [4.69, 9.17) is 4.74 Å². The van der Waals surface area contributed by atoms with Gasteiger partial charge in [0.2, 0.25) is 0 Å². The lowest BCUT2D eigenvalue weighted by molar-refractivity contribution is 0.0507. The molecule has 0 spiro atoms. The van der Waals surface area contributed by atoms with Crippen LogP contribution in [-0.4, -0.2) is 40.2 Å². The average molecular weight is 326 g/mol. The first-order valence-corrected chi connectivity index (χ1v) is 8.22. The molecule has 1 atom stereocenters. The number of carbonyl (C=O) groups is 1. The zero-order chi connectivity index (χ0) is 16.9. The molecule has 5 nitrogen and oxygen atoms in total. The van der Waals surface area contributed by atoms with Crippen molar-refractivity contribution in [3.63, 3.8) is 0 Å². The third-order valence-electron chi connectivity index (χ3n) is 4.17. The molecule has 1 saturated heterocycles. The first kappa shape index (κ1) is 16.5. The molecule has 1 aromatic heterocycles. The monoisotopic (exact) mass is 326 g/mol. The fourth-order valence-corrected chi connectivity index (χ4v) is 3.03. The molecule has 0 radical (unpaired) electrons. The van der Waals surface area contributed by atoms with E-state index >= 15 is 0 Å². The highest BCUT2D eigenvalue weighted by Gasteiger charge is 2.24.